The molecule has 2 bridgehead atoms. The van der Waals surface area contributed by atoms with E-state index in [1.165, 1.54) is 6.42 Å². The summed E-state index contributed by atoms with van der Waals surface area (Å²) in [7, 11) is 0. The molecule has 2 saturated carbocycles. The predicted octanol–water partition coefficient (Wildman–Crippen LogP) is 0.104. The molecule has 0 aliphatic heterocycles. The van der Waals surface area contributed by atoms with E-state index in [1.807, 2.05) is 0 Å². The summed E-state index contributed by atoms with van der Waals surface area (Å²) in [6, 6.07) is 0.304. The van der Waals surface area contributed by atoms with E-state index in [9.17, 15) is 5.11 Å². The second-order valence-electron chi connectivity index (χ2n) is 3.39. The Morgan fingerprint density at radius 1 is 1.33 bits per heavy atom. The zero-order valence-corrected chi connectivity index (χ0v) is 5.46. The van der Waals surface area contributed by atoms with Crippen molar-refractivity contribution in [2.75, 3.05) is 0 Å². The lowest BCUT2D eigenvalue weighted by Crippen LogP contribution is -2.28. The van der Waals surface area contributed by atoms with Crippen LogP contribution < -0.4 is 5.73 Å². The first-order chi connectivity index (χ1) is 4.29. The fourth-order valence-corrected chi connectivity index (χ4v) is 2.35. The molecule has 2 heteroatoms. The van der Waals surface area contributed by atoms with Crippen molar-refractivity contribution in [3.05, 3.63) is 0 Å². The highest BCUT2D eigenvalue weighted by Gasteiger charge is 2.45. The topological polar surface area (TPSA) is 46.2 Å². The third kappa shape index (κ3) is 0.634. The van der Waals surface area contributed by atoms with Crippen LogP contribution in [0.15, 0.2) is 0 Å². The van der Waals surface area contributed by atoms with Gasteiger partial charge in [-0.3, -0.25) is 0 Å². The van der Waals surface area contributed by atoms with Crippen molar-refractivity contribution in [1.29, 1.82) is 0 Å². The quantitative estimate of drug-likeness (QED) is 0.485. The van der Waals surface area contributed by atoms with Gasteiger partial charge in [0.25, 0.3) is 0 Å². The van der Waals surface area contributed by atoms with Crippen molar-refractivity contribution < 1.29 is 5.11 Å². The minimum Gasteiger partial charge on any atom is -0.392 e. The van der Waals surface area contributed by atoms with E-state index >= 15 is 0 Å². The minimum absolute atomic E-state index is 0.0556. The first-order valence-corrected chi connectivity index (χ1v) is 3.72. The minimum atomic E-state index is -0.0556. The van der Waals surface area contributed by atoms with Gasteiger partial charge in [-0.05, 0) is 25.2 Å². The Morgan fingerprint density at radius 2 is 2.11 bits per heavy atom. The van der Waals surface area contributed by atoms with Crippen LogP contribution in [0.25, 0.3) is 0 Å². The average Bonchev–Trinajstić information content (AvgIpc) is 2.25. The lowest BCUT2D eigenvalue weighted by molar-refractivity contribution is 0.126. The Labute approximate surface area is 55.1 Å². The molecule has 2 rings (SSSR count). The van der Waals surface area contributed by atoms with E-state index in [0.29, 0.717) is 17.9 Å². The van der Waals surface area contributed by atoms with Crippen LogP contribution in [0.1, 0.15) is 19.3 Å². The van der Waals surface area contributed by atoms with Crippen LogP contribution >= 0.6 is 0 Å². The summed E-state index contributed by atoms with van der Waals surface area (Å²) >= 11 is 0. The third-order valence-electron chi connectivity index (χ3n) is 2.92. The van der Waals surface area contributed by atoms with Gasteiger partial charge in [-0.1, -0.05) is 0 Å². The van der Waals surface area contributed by atoms with Crippen molar-refractivity contribution in [2.45, 2.75) is 31.4 Å². The maximum absolute atomic E-state index is 9.42. The molecular formula is C7H13NO. The maximum atomic E-state index is 9.42. The maximum Gasteiger partial charge on any atom is 0.0611 e. The highest BCUT2D eigenvalue weighted by Crippen LogP contribution is 2.43. The highest BCUT2D eigenvalue weighted by atomic mass is 16.3. The van der Waals surface area contributed by atoms with Crippen LogP contribution in [0.5, 0.6) is 0 Å². The van der Waals surface area contributed by atoms with Gasteiger partial charge in [-0.2, -0.15) is 0 Å². The molecule has 4 atom stereocenters. The van der Waals surface area contributed by atoms with Gasteiger partial charge in [-0.25, -0.2) is 0 Å². The fraction of sp³-hybridized carbons (Fsp3) is 1.00. The second kappa shape index (κ2) is 1.70. The zero-order valence-electron chi connectivity index (χ0n) is 5.46. The van der Waals surface area contributed by atoms with Crippen LogP contribution in [0.4, 0.5) is 0 Å². The van der Waals surface area contributed by atoms with E-state index in [0.717, 1.165) is 12.8 Å². The molecule has 0 radical (unpaired) electrons. The third-order valence-corrected chi connectivity index (χ3v) is 2.92. The number of hydrogen-bond donors (Lipinski definition) is 2. The summed E-state index contributed by atoms with van der Waals surface area (Å²) in [4.78, 5) is 0. The van der Waals surface area contributed by atoms with Crippen LogP contribution in [0.2, 0.25) is 0 Å². The molecule has 3 N–H and O–H groups in total. The zero-order chi connectivity index (χ0) is 6.43. The largest absolute Gasteiger partial charge is 0.392 e. The summed E-state index contributed by atoms with van der Waals surface area (Å²) in [6.07, 6.45) is 3.37. The molecule has 0 aromatic heterocycles. The predicted molar refractivity (Wildman–Crippen MR) is 34.8 cm³/mol. The molecule has 0 spiro atoms. The van der Waals surface area contributed by atoms with Crippen LogP contribution in [-0.4, -0.2) is 17.3 Å². The van der Waals surface area contributed by atoms with Crippen molar-refractivity contribution in [2.24, 2.45) is 17.6 Å². The molecule has 0 unspecified atom stereocenters. The van der Waals surface area contributed by atoms with E-state index in [1.54, 1.807) is 0 Å². The molecule has 52 valence electrons. The Hall–Kier alpha value is -0.0800. The average molecular weight is 127 g/mol. The summed E-state index contributed by atoms with van der Waals surface area (Å²) in [5.41, 5.74) is 5.75. The van der Waals surface area contributed by atoms with Gasteiger partial charge in [0, 0.05) is 12.0 Å². The lowest BCUT2D eigenvalue weighted by Gasteiger charge is -2.15. The number of aliphatic hydroxyl groups excluding tert-OH is 1. The lowest BCUT2D eigenvalue weighted by atomic mass is 9.96. The molecule has 0 heterocycles. The van der Waals surface area contributed by atoms with Gasteiger partial charge >= 0.3 is 0 Å². The molecule has 0 amide bonds. The normalized spacial score (nSPS) is 56.7. The van der Waals surface area contributed by atoms with E-state index in [4.69, 9.17) is 5.73 Å². The number of rotatable bonds is 0. The first kappa shape index (κ1) is 5.69. The molecular weight excluding hydrogens is 114 g/mol. The van der Waals surface area contributed by atoms with Gasteiger partial charge in [-0.15, -0.1) is 0 Å². The van der Waals surface area contributed by atoms with E-state index in [2.05, 4.69) is 0 Å². The Balaban J connectivity index is 2.16. The molecule has 0 aromatic rings. The van der Waals surface area contributed by atoms with Crippen LogP contribution in [0, 0.1) is 11.8 Å². The smallest absolute Gasteiger partial charge is 0.0611 e. The van der Waals surface area contributed by atoms with Crippen molar-refractivity contribution in [3.63, 3.8) is 0 Å². The van der Waals surface area contributed by atoms with Crippen molar-refractivity contribution in [1.82, 2.24) is 0 Å². The van der Waals surface area contributed by atoms with Gasteiger partial charge in [0.05, 0.1) is 6.10 Å². The summed E-state index contributed by atoms with van der Waals surface area (Å²) in [6.45, 7) is 0. The van der Waals surface area contributed by atoms with Gasteiger partial charge in [0.1, 0.15) is 0 Å². The number of fused-ring (bicyclic) bond motifs is 2. The highest BCUT2D eigenvalue weighted by molar-refractivity contribution is 4.98. The molecule has 0 aromatic carbocycles. The van der Waals surface area contributed by atoms with Crippen molar-refractivity contribution >= 4 is 0 Å². The van der Waals surface area contributed by atoms with Crippen LogP contribution in [0.3, 0.4) is 0 Å². The molecule has 0 saturated heterocycles. The van der Waals surface area contributed by atoms with E-state index < -0.39 is 0 Å². The van der Waals surface area contributed by atoms with Gasteiger partial charge in [0.15, 0.2) is 0 Å². The first-order valence-electron chi connectivity index (χ1n) is 3.72. The molecule has 2 aliphatic rings. The van der Waals surface area contributed by atoms with Gasteiger partial charge < -0.3 is 10.8 Å². The SMILES string of the molecule is N[C@@H]1C[C@H]2CC[C@H]1[C@@H]2O. The van der Waals surface area contributed by atoms with Crippen molar-refractivity contribution in [3.8, 4) is 0 Å². The summed E-state index contributed by atoms with van der Waals surface area (Å²) in [5, 5.41) is 9.42. The molecule has 2 nitrogen and oxygen atoms in total. The molecule has 9 heavy (non-hydrogen) atoms. The monoisotopic (exact) mass is 127 g/mol. The Morgan fingerprint density at radius 3 is 2.33 bits per heavy atom. The molecule has 2 fully saturated rings. The standard InChI is InChI=1S/C7H13NO/c8-6-3-4-1-2-5(6)7(4)9/h4-7,9H,1-3,8H2/t4-,5-,6-,7-/m1/s1. The van der Waals surface area contributed by atoms with Crippen LogP contribution in [-0.2, 0) is 0 Å². The Kier molecular flexibility index (Phi) is 1.08. The molecule has 2 aliphatic carbocycles. The fourth-order valence-electron chi connectivity index (χ4n) is 2.35. The number of hydrogen-bond acceptors (Lipinski definition) is 2. The van der Waals surface area contributed by atoms with Gasteiger partial charge in [0.2, 0.25) is 0 Å². The number of aliphatic hydroxyl groups is 1. The summed E-state index contributed by atoms with van der Waals surface area (Å²) < 4.78 is 0. The Bertz CT molecular complexity index is 126. The number of nitrogens with two attached hydrogens (primary N) is 1. The van der Waals surface area contributed by atoms with E-state index in [-0.39, 0.29) is 6.10 Å². The summed E-state index contributed by atoms with van der Waals surface area (Å²) in [5.74, 6) is 0.986. The second-order valence-corrected chi connectivity index (χ2v) is 3.39.